The van der Waals surface area contributed by atoms with Crippen molar-refractivity contribution in [2.45, 2.75) is 12.3 Å². The second-order valence-corrected chi connectivity index (χ2v) is 6.72. The van der Waals surface area contributed by atoms with Gasteiger partial charge in [-0.3, -0.25) is 4.79 Å². The summed E-state index contributed by atoms with van der Waals surface area (Å²) in [5, 5.41) is 19.0. The van der Waals surface area contributed by atoms with Crippen molar-refractivity contribution in [2.75, 3.05) is 0 Å². The molecule has 0 aliphatic carbocycles. The zero-order chi connectivity index (χ0) is 14.7. The van der Waals surface area contributed by atoms with Crippen LogP contribution in [-0.4, -0.2) is 16.2 Å². The van der Waals surface area contributed by atoms with Gasteiger partial charge < -0.3 is 10.2 Å². The van der Waals surface area contributed by atoms with Crippen LogP contribution in [0.5, 0.6) is 5.75 Å². The molecule has 0 heterocycles. The van der Waals surface area contributed by atoms with Crippen LogP contribution in [0.25, 0.3) is 0 Å². The molecule has 0 saturated heterocycles. The van der Waals surface area contributed by atoms with E-state index in [-0.39, 0.29) is 5.75 Å². The summed E-state index contributed by atoms with van der Waals surface area (Å²) in [5.74, 6) is -1.22. The van der Waals surface area contributed by atoms with Gasteiger partial charge in [0.2, 0.25) is 0 Å². The highest BCUT2D eigenvalue weighted by Gasteiger charge is 2.22. The number of aliphatic carboxylic acids is 1. The zero-order valence-corrected chi connectivity index (χ0v) is 14.7. The maximum atomic E-state index is 11.5. The molecule has 0 saturated carbocycles. The van der Waals surface area contributed by atoms with Crippen LogP contribution in [0.15, 0.2) is 42.5 Å². The van der Waals surface area contributed by atoms with E-state index in [1.807, 2.05) is 30.3 Å². The van der Waals surface area contributed by atoms with Crippen LogP contribution >= 0.6 is 45.2 Å². The Morgan fingerprint density at radius 2 is 1.65 bits per heavy atom. The van der Waals surface area contributed by atoms with E-state index in [0.717, 1.165) is 18.3 Å². The van der Waals surface area contributed by atoms with E-state index >= 15 is 0 Å². The Morgan fingerprint density at radius 1 is 1.10 bits per heavy atom. The summed E-state index contributed by atoms with van der Waals surface area (Å²) in [6.45, 7) is 0. The van der Waals surface area contributed by atoms with Gasteiger partial charge in [-0.25, -0.2) is 0 Å². The quantitative estimate of drug-likeness (QED) is 0.633. The Balaban J connectivity index is 2.38. The van der Waals surface area contributed by atoms with Gasteiger partial charge in [-0.15, -0.1) is 0 Å². The highest BCUT2D eigenvalue weighted by atomic mass is 127. The van der Waals surface area contributed by atoms with Gasteiger partial charge >= 0.3 is 5.97 Å². The molecule has 0 aromatic heterocycles. The fraction of sp³-hybridized carbons (Fsp3) is 0.133. The third-order valence-electron chi connectivity index (χ3n) is 3.03. The Kier molecular flexibility index (Phi) is 5.25. The van der Waals surface area contributed by atoms with Gasteiger partial charge in [0.25, 0.3) is 0 Å². The molecule has 2 aromatic carbocycles. The van der Waals surface area contributed by atoms with Crippen molar-refractivity contribution in [2.24, 2.45) is 0 Å². The normalized spacial score (nSPS) is 12.1. The standard InChI is InChI=1S/C15H12I2O3/c16-13-6-10(18)7-14(17)12(13)8-11(15(19)20)9-4-2-1-3-5-9/h1-7,11,18H,8H2,(H,19,20). The highest BCUT2D eigenvalue weighted by Crippen LogP contribution is 2.30. The fourth-order valence-corrected chi connectivity index (χ4v) is 4.20. The Morgan fingerprint density at radius 3 is 2.15 bits per heavy atom. The van der Waals surface area contributed by atoms with E-state index in [2.05, 4.69) is 45.2 Å². The molecule has 0 aliphatic heterocycles. The third kappa shape index (κ3) is 3.63. The lowest BCUT2D eigenvalue weighted by molar-refractivity contribution is -0.138. The van der Waals surface area contributed by atoms with E-state index in [1.54, 1.807) is 12.1 Å². The van der Waals surface area contributed by atoms with E-state index in [0.29, 0.717) is 6.42 Å². The summed E-state index contributed by atoms with van der Waals surface area (Å²) in [6, 6.07) is 12.5. The number of phenolic OH excluding ortho intramolecular Hbond substituents is 1. The van der Waals surface area contributed by atoms with Gasteiger partial charge in [-0.2, -0.15) is 0 Å². The number of halogens is 2. The van der Waals surface area contributed by atoms with Crippen molar-refractivity contribution < 1.29 is 15.0 Å². The molecule has 3 nitrogen and oxygen atoms in total. The van der Waals surface area contributed by atoms with Crippen molar-refractivity contribution in [3.8, 4) is 5.75 Å². The van der Waals surface area contributed by atoms with E-state index in [1.165, 1.54) is 0 Å². The first-order valence-corrected chi connectivity index (χ1v) is 8.09. The second-order valence-electron chi connectivity index (χ2n) is 4.39. The average Bonchev–Trinajstić information content (AvgIpc) is 2.38. The Labute approximate surface area is 144 Å². The first-order valence-electron chi connectivity index (χ1n) is 5.93. The molecule has 0 radical (unpaired) electrons. The monoisotopic (exact) mass is 494 g/mol. The number of carboxylic acids is 1. The number of benzene rings is 2. The van der Waals surface area contributed by atoms with Crippen LogP contribution in [0.4, 0.5) is 0 Å². The molecule has 2 N–H and O–H groups in total. The number of phenols is 1. The SMILES string of the molecule is O=C(O)C(Cc1c(I)cc(O)cc1I)c1ccccc1. The molecule has 0 amide bonds. The van der Waals surface area contributed by atoms with Crippen LogP contribution in [0, 0.1) is 7.14 Å². The molecular weight excluding hydrogens is 482 g/mol. The van der Waals surface area contributed by atoms with E-state index < -0.39 is 11.9 Å². The van der Waals surface area contributed by atoms with Crippen molar-refractivity contribution in [1.29, 1.82) is 0 Å². The van der Waals surface area contributed by atoms with Gasteiger partial charge in [0.15, 0.2) is 0 Å². The van der Waals surface area contributed by atoms with Gasteiger partial charge in [0.05, 0.1) is 5.92 Å². The highest BCUT2D eigenvalue weighted by molar-refractivity contribution is 14.1. The molecule has 20 heavy (non-hydrogen) atoms. The smallest absolute Gasteiger partial charge is 0.311 e. The lowest BCUT2D eigenvalue weighted by Crippen LogP contribution is -2.15. The molecule has 0 spiro atoms. The molecule has 0 aliphatic rings. The zero-order valence-electron chi connectivity index (χ0n) is 10.4. The lowest BCUT2D eigenvalue weighted by Gasteiger charge is -2.15. The Bertz CT molecular complexity index is 603. The minimum absolute atomic E-state index is 0.203. The number of carbonyl (C=O) groups is 1. The van der Waals surface area contributed by atoms with E-state index in [4.69, 9.17) is 0 Å². The number of rotatable bonds is 4. The first kappa shape index (κ1) is 15.6. The van der Waals surface area contributed by atoms with Crippen LogP contribution < -0.4 is 0 Å². The van der Waals surface area contributed by atoms with Crippen LogP contribution in [0.3, 0.4) is 0 Å². The first-order chi connectivity index (χ1) is 9.49. The maximum absolute atomic E-state index is 11.5. The fourth-order valence-electron chi connectivity index (χ4n) is 2.02. The summed E-state index contributed by atoms with van der Waals surface area (Å²) >= 11 is 4.26. The topological polar surface area (TPSA) is 57.5 Å². The summed E-state index contributed by atoms with van der Waals surface area (Å²) in [6.07, 6.45) is 0.413. The number of hydrogen-bond acceptors (Lipinski definition) is 2. The van der Waals surface area contributed by atoms with Crippen molar-refractivity contribution >= 4 is 51.2 Å². The third-order valence-corrected chi connectivity index (χ3v) is 4.96. The second kappa shape index (κ2) is 6.75. The largest absolute Gasteiger partial charge is 0.508 e. The molecule has 1 unspecified atom stereocenters. The molecule has 0 bridgehead atoms. The predicted octanol–water partition coefficient (Wildman–Crippen LogP) is 4.01. The molecule has 104 valence electrons. The number of aromatic hydroxyl groups is 1. The van der Waals surface area contributed by atoms with Gasteiger partial charge in [0, 0.05) is 7.14 Å². The summed E-state index contributed by atoms with van der Waals surface area (Å²) in [7, 11) is 0. The van der Waals surface area contributed by atoms with Gasteiger partial charge in [0.1, 0.15) is 5.75 Å². The molecule has 2 aromatic rings. The van der Waals surface area contributed by atoms with Crippen molar-refractivity contribution in [1.82, 2.24) is 0 Å². The van der Waals surface area contributed by atoms with Crippen molar-refractivity contribution in [3.05, 3.63) is 60.7 Å². The molecule has 5 heteroatoms. The van der Waals surface area contributed by atoms with E-state index in [9.17, 15) is 15.0 Å². The van der Waals surface area contributed by atoms with Gasteiger partial charge in [-0.1, -0.05) is 30.3 Å². The summed E-state index contributed by atoms with van der Waals surface area (Å²) < 4.78 is 1.77. The molecule has 0 fully saturated rings. The number of carboxylic acid groups (broad SMARTS) is 1. The summed E-state index contributed by atoms with van der Waals surface area (Å²) in [4.78, 5) is 11.5. The molecule has 2 rings (SSSR count). The molecule has 1 atom stereocenters. The molecular formula is C15H12I2O3. The average molecular weight is 494 g/mol. The van der Waals surface area contributed by atoms with Crippen molar-refractivity contribution in [3.63, 3.8) is 0 Å². The Hall–Kier alpha value is -0.830. The number of hydrogen-bond donors (Lipinski definition) is 2. The van der Waals surface area contributed by atoms with Crippen LogP contribution in [-0.2, 0) is 11.2 Å². The predicted molar refractivity (Wildman–Crippen MR) is 94.1 cm³/mol. The van der Waals surface area contributed by atoms with Gasteiger partial charge in [-0.05, 0) is 74.9 Å². The lowest BCUT2D eigenvalue weighted by atomic mass is 9.92. The minimum atomic E-state index is -0.837. The summed E-state index contributed by atoms with van der Waals surface area (Å²) in [5.41, 5.74) is 1.75. The maximum Gasteiger partial charge on any atom is 0.311 e. The minimum Gasteiger partial charge on any atom is -0.508 e. The van der Waals surface area contributed by atoms with Crippen LogP contribution in [0.1, 0.15) is 17.0 Å². The van der Waals surface area contributed by atoms with Crippen LogP contribution in [0.2, 0.25) is 0 Å².